The average molecular weight is 275 g/mol. The number of aryl methyl sites for hydroxylation is 1. The minimum atomic E-state index is 0.391. The van der Waals surface area contributed by atoms with Crippen molar-refractivity contribution >= 4 is 0 Å². The number of hydrogen-bond donors (Lipinski definition) is 1. The van der Waals surface area contributed by atoms with Gasteiger partial charge in [-0.2, -0.15) is 0 Å². The fourth-order valence-electron chi connectivity index (χ4n) is 3.05. The summed E-state index contributed by atoms with van der Waals surface area (Å²) in [4.78, 5) is 0. The summed E-state index contributed by atoms with van der Waals surface area (Å²) >= 11 is 0. The predicted octanol–water partition coefficient (Wildman–Crippen LogP) is 4.31. The number of benzene rings is 1. The van der Waals surface area contributed by atoms with Crippen LogP contribution in [0, 0.1) is 18.8 Å². The fourth-order valence-corrected chi connectivity index (χ4v) is 3.05. The number of ether oxygens (including phenoxy) is 1. The van der Waals surface area contributed by atoms with Gasteiger partial charge in [0.05, 0.1) is 6.10 Å². The lowest BCUT2D eigenvalue weighted by molar-refractivity contribution is 0.0989. The third-order valence-corrected chi connectivity index (χ3v) is 4.69. The Hall–Kier alpha value is -1.02. The minimum Gasteiger partial charge on any atom is -0.490 e. The zero-order valence-electron chi connectivity index (χ0n) is 13.4. The summed E-state index contributed by atoms with van der Waals surface area (Å²) < 4.78 is 6.39. The van der Waals surface area contributed by atoms with Gasteiger partial charge in [-0.3, -0.25) is 0 Å². The monoisotopic (exact) mass is 275 g/mol. The molecule has 1 aliphatic rings. The van der Waals surface area contributed by atoms with E-state index in [2.05, 4.69) is 51.2 Å². The molecular formula is C18H29NO. The van der Waals surface area contributed by atoms with Crippen LogP contribution in [0.15, 0.2) is 18.2 Å². The van der Waals surface area contributed by atoms with E-state index in [9.17, 15) is 0 Å². The van der Waals surface area contributed by atoms with Gasteiger partial charge in [0.15, 0.2) is 0 Å². The Labute approximate surface area is 123 Å². The standard InChI is InChI=1S/C18H29NO/c1-5-19-12-16-8-6-7-14(3)18(16)20-17-10-9-13(2)15(4)11-17/h6-8,13,15,17,19H,5,9-12H2,1-4H3. The van der Waals surface area contributed by atoms with Crippen molar-refractivity contribution in [1.29, 1.82) is 0 Å². The van der Waals surface area contributed by atoms with Crippen molar-refractivity contribution in [1.82, 2.24) is 5.32 Å². The normalized spacial score (nSPS) is 26.5. The third-order valence-electron chi connectivity index (χ3n) is 4.69. The van der Waals surface area contributed by atoms with Gasteiger partial charge in [-0.1, -0.05) is 39.0 Å². The van der Waals surface area contributed by atoms with Gasteiger partial charge in [0, 0.05) is 12.1 Å². The van der Waals surface area contributed by atoms with Gasteiger partial charge in [-0.15, -0.1) is 0 Å². The van der Waals surface area contributed by atoms with Crippen molar-refractivity contribution in [2.45, 2.75) is 59.6 Å². The molecule has 1 fully saturated rings. The molecule has 1 aromatic rings. The van der Waals surface area contributed by atoms with Crippen LogP contribution in [0.3, 0.4) is 0 Å². The average Bonchev–Trinajstić information content (AvgIpc) is 2.43. The van der Waals surface area contributed by atoms with Crippen molar-refractivity contribution < 1.29 is 4.74 Å². The fraction of sp³-hybridized carbons (Fsp3) is 0.667. The van der Waals surface area contributed by atoms with Crippen LogP contribution in [0.1, 0.15) is 51.2 Å². The van der Waals surface area contributed by atoms with E-state index >= 15 is 0 Å². The highest BCUT2D eigenvalue weighted by Crippen LogP contribution is 2.33. The predicted molar refractivity (Wildman–Crippen MR) is 85.2 cm³/mol. The van der Waals surface area contributed by atoms with Gasteiger partial charge < -0.3 is 10.1 Å². The van der Waals surface area contributed by atoms with Gasteiger partial charge in [-0.05, 0) is 50.1 Å². The lowest BCUT2D eigenvalue weighted by atomic mass is 9.80. The Morgan fingerprint density at radius 3 is 2.70 bits per heavy atom. The van der Waals surface area contributed by atoms with Gasteiger partial charge in [0.1, 0.15) is 5.75 Å². The highest BCUT2D eigenvalue weighted by molar-refractivity contribution is 5.41. The zero-order chi connectivity index (χ0) is 14.5. The summed E-state index contributed by atoms with van der Waals surface area (Å²) in [5.74, 6) is 2.73. The van der Waals surface area contributed by atoms with E-state index in [0.29, 0.717) is 6.10 Å². The number of para-hydroxylation sites is 1. The van der Waals surface area contributed by atoms with E-state index in [4.69, 9.17) is 4.74 Å². The molecule has 2 rings (SSSR count). The first kappa shape index (κ1) is 15.4. The lowest BCUT2D eigenvalue weighted by Gasteiger charge is -2.33. The summed E-state index contributed by atoms with van der Waals surface area (Å²) in [6.45, 7) is 10.9. The van der Waals surface area contributed by atoms with Crippen molar-refractivity contribution in [3.8, 4) is 5.75 Å². The first-order valence-electron chi connectivity index (χ1n) is 8.07. The van der Waals surface area contributed by atoms with Crippen molar-refractivity contribution in [2.75, 3.05) is 6.54 Å². The molecule has 3 unspecified atom stereocenters. The summed E-state index contributed by atoms with van der Waals surface area (Å²) in [6.07, 6.45) is 4.07. The SMILES string of the molecule is CCNCc1cccc(C)c1OC1CCC(C)C(C)C1. The molecule has 1 N–H and O–H groups in total. The van der Waals surface area contributed by atoms with Crippen LogP contribution in [0.4, 0.5) is 0 Å². The maximum atomic E-state index is 6.39. The van der Waals surface area contributed by atoms with Gasteiger partial charge in [0.25, 0.3) is 0 Å². The molecule has 0 amide bonds. The zero-order valence-corrected chi connectivity index (χ0v) is 13.4. The second-order valence-electron chi connectivity index (χ2n) is 6.35. The molecule has 0 bridgehead atoms. The van der Waals surface area contributed by atoms with Crippen LogP contribution in [-0.4, -0.2) is 12.6 Å². The van der Waals surface area contributed by atoms with Gasteiger partial charge >= 0.3 is 0 Å². The second kappa shape index (κ2) is 7.12. The van der Waals surface area contributed by atoms with Crippen LogP contribution < -0.4 is 10.1 Å². The Balaban J connectivity index is 2.08. The van der Waals surface area contributed by atoms with Crippen molar-refractivity contribution in [3.05, 3.63) is 29.3 Å². The number of nitrogens with one attached hydrogen (secondary N) is 1. The smallest absolute Gasteiger partial charge is 0.127 e. The van der Waals surface area contributed by atoms with Crippen molar-refractivity contribution in [3.63, 3.8) is 0 Å². The molecule has 2 heteroatoms. The largest absolute Gasteiger partial charge is 0.490 e. The molecule has 1 aromatic carbocycles. The Bertz CT molecular complexity index is 429. The van der Waals surface area contributed by atoms with Crippen LogP contribution in [-0.2, 0) is 6.54 Å². The molecule has 2 nitrogen and oxygen atoms in total. The van der Waals surface area contributed by atoms with E-state index in [0.717, 1.165) is 30.7 Å². The first-order chi connectivity index (χ1) is 9.61. The topological polar surface area (TPSA) is 21.3 Å². The van der Waals surface area contributed by atoms with E-state index < -0.39 is 0 Å². The second-order valence-corrected chi connectivity index (χ2v) is 6.35. The lowest BCUT2D eigenvalue weighted by Crippen LogP contribution is -2.29. The van der Waals surface area contributed by atoms with E-state index in [-0.39, 0.29) is 0 Å². The maximum Gasteiger partial charge on any atom is 0.127 e. The van der Waals surface area contributed by atoms with Crippen LogP contribution in [0.5, 0.6) is 5.75 Å². The van der Waals surface area contributed by atoms with Crippen molar-refractivity contribution in [2.24, 2.45) is 11.8 Å². The highest BCUT2D eigenvalue weighted by Gasteiger charge is 2.26. The highest BCUT2D eigenvalue weighted by atomic mass is 16.5. The Morgan fingerprint density at radius 1 is 1.20 bits per heavy atom. The number of rotatable bonds is 5. The molecule has 0 saturated heterocycles. The molecule has 0 aliphatic heterocycles. The van der Waals surface area contributed by atoms with E-state index in [1.165, 1.54) is 30.4 Å². The van der Waals surface area contributed by atoms with Crippen LogP contribution in [0.2, 0.25) is 0 Å². The summed E-state index contributed by atoms with van der Waals surface area (Å²) in [7, 11) is 0. The Kier molecular flexibility index (Phi) is 5.47. The maximum absolute atomic E-state index is 6.39. The molecule has 20 heavy (non-hydrogen) atoms. The minimum absolute atomic E-state index is 0.391. The molecule has 1 aliphatic carbocycles. The quantitative estimate of drug-likeness (QED) is 0.864. The molecule has 112 valence electrons. The summed E-state index contributed by atoms with van der Waals surface area (Å²) in [5, 5.41) is 3.41. The number of hydrogen-bond acceptors (Lipinski definition) is 2. The molecule has 3 atom stereocenters. The van der Waals surface area contributed by atoms with Crippen LogP contribution >= 0.6 is 0 Å². The first-order valence-corrected chi connectivity index (χ1v) is 8.07. The Morgan fingerprint density at radius 2 is 2.00 bits per heavy atom. The summed E-state index contributed by atoms with van der Waals surface area (Å²) in [5.41, 5.74) is 2.55. The molecule has 0 spiro atoms. The molecule has 0 heterocycles. The van der Waals surface area contributed by atoms with Gasteiger partial charge in [0.2, 0.25) is 0 Å². The summed E-state index contributed by atoms with van der Waals surface area (Å²) in [6, 6.07) is 6.46. The molecule has 1 saturated carbocycles. The third kappa shape index (κ3) is 3.76. The van der Waals surface area contributed by atoms with Gasteiger partial charge in [-0.25, -0.2) is 0 Å². The molecule has 0 radical (unpaired) electrons. The molecular weight excluding hydrogens is 246 g/mol. The van der Waals surface area contributed by atoms with E-state index in [1.807, 2.05) is 0 Å². The molecule has 0 aromatic heterocycles. The van der Waals surface area contributed by atoms with Crippen LogP contribution in [0.25, 0.3) is 0 Å². The van der Waals surface area contributed by atoms with E-state index in [1.54, 1.807) is 0 Å².